The van der Waals surface area contributed by atoms with Crippen molar-refractivity contribution in [1.29, 1.82) is 0 Å². The number of allylic oxidation sites excluding steroid dienone is 2. The van der Waals surface area contributed by atoms with Gasteiger partial charge in [0.25, 0.3) is 8.32 Å². The highest BCUT2D eigenvalue weighted by atomic mass is 28.4. The van der Waals surface area contributed by atoms with Gasteiger partial charge in [-0.2, -0.15) is 0 Å². The van der Waals surface area contributed by atoms with E-state index in [2.05, 4.69) is 69.3 Å². The van der Waals surface area contributed by atoms with Gasteiger partial charge >= 0.3 is 0 Å². The Balaban J connectivity index is 2.12. The van der Waals surface area contributed by atoms with Gasteiger partial charge in [-0.05, 0) is 21.8 Å². The molecule has 0 bridgehead atoms. The van der Waals surface area contributed by atoms with Crippen LogP contribution in [-0.4, -0.2) is 21.2 Å². The lowest BCUT2D eigenvalue weighted by molar-refractivity contribution is -0.113. The molecule has 2 aromatic carbocycles. The molecule has 2 aromatic rings. The SMILES string of the molecule is CC(C)(C)[Si](OCC1(C=O)C=CCC=C1)(c1ccccc1)c1ccccc1. The predicted molar refractivity (Wildman–Crippen MR) is 115 cm³/mol. The van der Waals surface area contributed by atoms with Crippen LogP contribution in [-0.2, 0) is 9.22 Å². The third-order valence-corrected chi connectivity index (χ3v) is 10.3. The molecule has 1 aliphatic carbocycles. The van der Waals surface area contributed by atoms with Crippen molar-refractivity contribution in [2.75, 3.05) is 6.61 Å². The van der Waals surface area contributed by atoms with Gasteiger partial charge in [-0.25, -0.2) is 0 Å². The molecule has 2 nitrogen and oxygen atoms in total. The van der Waals surface area contributed by atoms with Crippen molar-refractivity contribution in [3.8, 4) is 0 Å². The number of rotatable bonds is 6. The zero-order chi connectivity index (χ0) is 19.4. The molecule has 0 fully saturated rings. The topological polar surface area (TPSA) is 26.3 Å². The average molecular weight is 377 g/mol. The smallest absolute Gasteiger partial charge is 0.261 e. The largest absolute Gasteiger partial charge is 0.406 e. The molecule has 1 aliphatic rings. The van der Waals surface area contributed by atoms with Crippen molar-refractivity contribution in [3.05, 3.63) is 85.0 Å². The maximum atomic E-state index is 12.0. The lowest BCUT2D eigenvalue weighted by Gasteiger charge is -2.44. The molecule has 0 aromatic heterocycles. The Morgan fingerprint density at radius 2 is 1.41 bits per heavy atom. The number of hydrogen-bond acceptors (Lipinski definition) is 2. The van der Waals surface area contributed by atoms with E-state index in [9.17, 15) is 4.79 Å². The first-order valence-corrected chi connectivity index (χ1v) is 11.4. The van der Waals surface area contributed by atoms with Crippen LogP contribution in [0.2, 0.25) is 5.04 Å². The number of aldehydes is 1. The summed E-state index contributed by atoms with van der Waals surface area (Å²) in [5.41, 5.74) is -0.675. The van der Waals surface area contributed by atoms with Crippen LogP contribution in [0.5, 0.6) is 0 Å². The average Bonchev–Trinajstić information content (AvgIpc) is 2.70. The molecular formula is C24H28O2Si. The lowest BCUT2D eigenvalue weighted by Crippen LogP contribution is -2.67. The molecule has 3 heteroatoms. The van der Waals surface area contributed by atoms with Crippen LogP contribution in [0.1, 0.15) is 27.2 Å². The number of carbonyl (C=O) groups is 1. The molecular weight excluding hydrogens is 348 g/mol. The number of benzene rings is 2. The zero-order valence-electron chi connectivity index (χ0n) is 16.4. The van der Waals surface area contributed by atoms with Crippen molar-refractivity contribution >= 4 is 25.0 Å². The van der Waals surface area contributed by atoms with Crippen LogP contribution in [0, 0.1) is 5.41 Å². The van der Waals surface area contributed by atoms with Crippen LogP contribution in [0.15, 0.2) is 85.0 Å². The van der Waals surface area contributed by atoms with Crippen molar-refractivity contribution in [2.24, 2.45) is 5.41 Å². The van der Waals surface area contributed by atoms with Gasteiger partial charge in [0.1, 0.15) is 6.29 Å². The van der Waals surface area contributed by atoms with E-state index in [0.717, 1.165) is 12.7 Å². The first-order chi connectivity index (χ1) is 12.9. The van der Waals surface area contributed by atoms with Crippen LogP contribution >= 0.6 is 0 Å². The summed E-state index contributed by atoms with van der Waals surface area (Å²) in [6, 6.07) is 21.1. The fourth-order valence-electron chi connectivity index (χ4n) is 3.91. The monoisotopic (exact) mass is 376 g/mol. The summed E-state index contributed by atoms with van der Waals surface area (Å²) in [7, 11) is -2.62. The summed E-state index contributed by atoms with van der Waals surface area (Å²) in [5.74, 6) is 0. The van der Waals surface area contributed by atoms with Gasteiger partial charge in [0.05, 0.1) is 12.0 Å². The normalized spacial score (nSPS) is 16.3. The van der Waals surface area contributed by atoms with Crippen molar-refractivity contribution in [1.82, 2.24) is 0 Å². The van der Waals surface area contributed by atoms with E-state index in [4.69, 9.17) is 4.43 Å². The maximum Gasteiger partial charge on any atom is 0.261 e. The first-order valence-electron chi connectivity index (χ1n) is 9.50. The van der Waals surface area contributed by atoms with Crippen LogP contribution in [0.25, 0.3) is 0 Å². The number of carbonyl (C=O) groups excluding carboxylic acids is 1. The summed E-state index contributed by atoms with van der Waals surface area (Å²) in [6.07, 6.45) is 9.94. The molecule has 0 spiro atoms. The summed E-state index contributed by atoms with van der Waals surface area (Å²) in [6.45, 7) is 7.11. The third-order valence-electron chi connectivity index (χ3n) is 5.30. The second-order valence-corrected chi connectivity index (χ2v) is 12.5. The fourth-order valence-corrected chi connectivity index (χ4v) is 8.53. The highest BCUT2D eigenvalue weighted by Gasteiger charge is 2.51. The molecule has 27 heavy (non-hydrogen) atoms. The van der Waals surface area contributed by atoms with E-state index in [-0.39, 0.29) is 5.04 Å². The van der Waals surface area contributed by atoms with Crippen LogP contribution in [0.4, 0.5) is 0 Å². The summed E-state index contributed by atoms with van der Waals surface area (Å²) < 4.78 is 6.91. The molecule has 0 unspecified atom stereocenters. The quantitative estimate of drug-likeness (QED) is 0.428. The van der Waals surface area contributed by atoms with E-state index in [1.807, 2.05) is 36.4 Å². The van der Waals surface area contributed by atoms with Gasteiger partial charge in [-0.3, -0.25) is 0 Å². The number of hydrogen-bond donors (Lipinski definition) is 0. The van der Waals surface area contributed by atoms with E-state index in [1.165, 1.54) is 10.4 Å². The van der Waals surface area contributed by atoms with Crippen molar-refractivity contribution < 1.29 is 9.22 Å². The first kappa shape index (κ1) is 19.5. The minimum Gasteiger partial charge on any atom is -0.406 e. The van der Waals surface area contributed by atoms with E-state index >= 15 is 0 Å². The van der Waals surface area contributed by atoms with Gasteiger partial charge in [-0.1, -0.05) is 106 Å². The molecule has 0 atom stereocenters. The summed E-state index contributed by atoms with van der Waals surface area (Å²) in [5, 5.41) is 2.36. The Kier molecular flexibility index (Phi) is 5.63. The zero-order valence-corrected chi connectivity index (χ0v) is 17.4. The molecule has 3 rings (SSSR count). The van der Waals surface area contributed by atoms with Crippen LogP contribution < -0.4 is 10.4 Å². The van der Waals surface area contributed by atoms with Gasteiger partial charge < -0.3 is 9.22 Å². The molecule has 0 saturated heterocycles. The molecule has 140 valence electrons. The van der Waals surface area contributed by atoms with Gasteiger partial charge in [0.15, 0.2) is 0 Å². The molecule has 0 aliphatic heterocycles. The second kappa shape index (κ2) is 7.79. The van der Waals surface area contributed by atoms with Gasteiger partial charge in [-0.15, -0.1) is 0 Å². The molecule has 0 heterocycles. The Morgan fingerprint density at radius 3 is 1.81 bits per heavy atom. The summed E-state index contributed by atoms with van der Waals surface area (Å²) in [4.78, 5) is 12.0. The maximum absolute atomic E-state index is 12.0. The Hall–Kier alpha value is -2.23. The third kappa shape index (κ3) is 3.75. The highest BCUT2D eigenvalue weighted by Crippen LogP contribution is 2.38. The second-order valence-electron chi connectivity index (χ2n) is 8.22. The van der Waals surface area contributed by atoms with Crippen molar-refractivity contribution in [2.45, 2.75) is 32.2 Å². The van der Waals surface area contributed by atoms with Crippen LogP contribution in [0.3, 0.4) is 0 Å². The van der Waals surface area contributed by atoms with Crippen molar-refractivity contribution in [3.63, 3.8) is 0 Å². The minimum atomic E-state index is -2.62. The van der Waals surface area contributed by atoms with E-state index in [1.54, 1.807) is 0 Å². The highest BCUT2D eigenvalue weighted by molar-refractivity contribution is 6.99. The minimum absolute atomic E-state index is 0.0954. The lowest BCUT2D eigenvalue weighted by atomic mass is 9.87. The predicted octanol–water partition coefficient (Wildman–Crippen LogP) is 4.26. The Bertz CT molecular complexity index is 765. The molecule has 0 radical (unpaired) electrons. The van der Waals surface area contributed by atoms with E-state index in [0.29, 0.717) is 6.61 Å². The molecule has 0 saturated carbocycles. The summed E-state index contributed by atoms with van der Waals surface area (Å²) >= 11 is 0. The van der Waals surface area contributed by atoms with Gasteiger partial charge in [0, 0.05) is 0 Å². The molecule has 0 amide bonds. The fraction of sp³-hybridized carbons (Fsp3) is 0.292. The van der Waals surface area contributed by atoms with Gasteiger partial charge in [0.2, 0.25) is 0 Å². The standard InChI is InChI=1S/C24H28O2Si/c1-23(2,3)27(21-13-7-4-8-14-21,22-15-9-5-10-16-22)26-20-24(19-25)17-11-6-12-18-24/h4-5,7-19H,6,20H2,1-3H3. The Labute approximate surface area is 163 Å². The molecule has 0 N–H and O–H groups in total. The van der Waals surface area contributed by atoms with E-state index < -0.39 is 13.7 Å². The Morgan fingerprint density at radius 1 is 0.926 bits per heavy atom.